The predicted molar refractivity (Wildman–Crippen MR) is 108 cm³/mol. The molecule has 0 unspecified atom stereocenters. The number of hydrogen-bond donors (Lipinski definition) is 2. The first-order chi connectivity index (χ1) is 13.9. The number of carbonyl (C=O) groups is 3. The highest BCUT2D eigenvalue weighted by Crippen LogP contribution is 2.35. The Bertz CT molecular complexity index is 919. The Labute approximate surface area is 173 Å². The zero-order valence-electron chi connectivity index (χ0n) is 15.8. The maximum absolute atomic E-state index is 12.7. The van der Waals surface area contributed by atoms with Crippen molar-refractivity contribution in [2.24, 2.45) is 5.92 Å². The number of benzene rings is 2. The molecule has 29 heavy (non-hydrogen) atoms. The minimum Gasteiger partial charge on any atom is -0.495 e. The monoisotopic (exact) mass is 416 g/mol. The summed E-state index contributed by atoms with van der Waals surface area (Å²) in [6.07, 6.45) is 0.146. The Morgan fingerprint density at radius 2 is 2.00 bits per heavy atom. The minimum atomic E-state index is -1.13. The van der Waals surface area contributed by atoms with Crippen LogP contribution in [-0.4, -0.2) is 42.6 Å². The minimum absolute atomic E-state index is 0.0147. The lowest BCUT2D eigenvalue weighted by molar-refractivity contribution is -0.142. The van der Waals surface area contributed by atoms with Gasteiger partial charge < -0.3 is 20.1 Å². The van der Waals surface area contributed by atoms with Gasteiger partial charge in [-0.25, -0.2) is 4.79 Å². The van der Waals surface area contributed by atoms with E-state index in [1.165, 1.54) is 12.0 Å². The van der Waals surface area contributed by atoms with Crippen LogP contribution in [0.4, 0.5) is 5.69 Å². The number of halogens is 1. The zero-order chi connectivity index (χ0) is 21.0. The zero-order valence-corrected chi connectivity index (χ0v) is 16.6. The molecule has 2 atom stereocenters. The molecule has 152 valence electrons. The quantitative estimate of drug-likeness (QED) is 0.723. The first-order valence-corrected chi connectivity index (χ1v) is 9.48. The summed E-state index contributed by atoms with van der Waals surface area (Å²) in [5.74, 6) is -2.04. The molecule has 0 saturated carbocycles. The fraction of sp³-hybridized carbons (Fsp3) is 0.286. The van der Waals surface area contributed by atoms with Crippen LogP contribution in [0, 0.1) is 5.92 Å². The van der Waals surface area contributed by atoms with Gasteiger partial charge in [-0.3, -0.25) is 9.59 Å². The highest BCUT2D eigenvalue weighted by atomic mass is 35.5. The number of hydrogen-bond acceptors (Lipinski definition) is 4. The van der Waals surface area contributed by atoms with E-state index in [4.69, 9.17) is 16.3 Å². The summed E-state index contributed by atoms with van der Waals surface area (Å²) in [5.41, 5.74) is 1.28. The molecule has 2 aromatic carbocycles. The molecule has 1 heterocycles. The predicted octanol–water partition coefficient (Wildman–Crippen LogP) is 2.51. The van der Waals surface area contributed by atoms with Gasteiger partial charge in [-0.1, -0.05) is 41.9 Å². The molecule has 2 amide bonds. The van der Waals surface area contributed by atoms with Gasteiger partial charge in [0.25, 0.3) is 0 Å². The number of ether oxygens (including phenoxy) is 1. The van der Waals surface area contributed by atoms with Crippen molar-refractivity contribution < 1.29 is 24.2 Å². The molecule has 8 heteroatoms. The van der Waals surface area contributed by atoms with Gasteiger partial charge in [0, 0.05) is 24.4 Å². The van der Waals surface area contributed by atoms with Crippen molar-refractivity contribution in [2.45, 2.75) is 18.9 Å². The summed E-state index contributed by atoms with van der Waals surface area (Å²) in [7, 11) is 1.48. The highest BCUT2D eigenvalue weighted by Gasteiger charge is 2.37. The summed E-state index contributed by atoms with van der Waals surface area (Å²) < 4.78 is 5.29. The van der Waals surface area contributed by atoms with Gasteiger partial charge in [0.05, 0.1) is 18.7 Å². The van der Waals surface area contributed by atoms with E-state index >= 15 is 0 Å². The van der Waals surface area contributed by atoms with Crippen LogP contribution in [0.5, 0.6) is 5.75 Å². The number of anilines is 1. The van der Waals surface area contributed by atoms with Gasteiger partial charge in [0.2, 0.25) is 11.8 Å². The van der Waals surface area contributed by atoms with Crippen molar-refractivity contribution >= 4 is 35.1 Å². The van der Waals surface area contributed by atoms with Gasteiger partial charge in [-0.2, -0.15) is 0 Å². The largest absolute Gasteiger partial charge is 0.495 e. The van der Waals surface area contributed by atoms with E-state index in [1.54, 1.807) is 30.3 Å². The van der Waals surface area contributed by atoms with Crippen molar-refractivity contribution in [1.82, 2.24) is 5.32 Å². The average Bonchev–Trinajstić information content (AvgIpc) is 3.09. The van der Waals surface area contributed by atoms with Crippen molar-refractivity contribution in [2.75, 3.05) is 18.6 Å². The fourth-order valence-corrected chi connectivity index (χ4v) is 3.50. The summed E-state index contributed by atoms with van der Waals surface area (Å²) in [4.78, 5) is 38.2. The number of rotatable bonds is 7. The third-order valence-electron chi connectivity index (χ3n) is 4.82. The average molecular weight is 417 g/mol. The SMILES string of the molecule is COc1ccc(Cl)cc1N1C[C@@H](C(=O)N[C@H](Cc2ccccc2)C(=O)O)CC1=O. The van der Waals surface area contributed by atoms with Crippen LogP contribution in [-0.2, 0) is 20.8 Å². The number of aliphatic carboxylic acids is 1. The normalized spacial score (nSPS) is 17.1. The second kappa shape index (κ2) is 8.96. The number of nitrogens with one attached hydrogen (secondary N) is 1. The third-order valence-corrected chi connectivity index (χ3v) is 5.06. The topological polar surface area (TPSA) is 95.9 Å². The van der Waals surface area contributed by atoms with E-state index in [2.05, 4.69) is 5.32 Å². The molecule has 1 fully saturated rings. The van der Waals surface area contributed by atoms with Gasteiger partial charge in [0.15, 0.2) is 0 Å². The number of carboxylic acids is 1. The summed E-state index contributed by atoms with van der Waals surface area (Å²) in [6.45, 7) is 0.124. The molecule has 1 aliphatic heterocycles. The van der Waals surface area contributed by atoms with E-state index in [0.717, 1.165) is 5.56 Å². The van der Waals surface area contributed by atoms with Crippen LogP contribution in [0.15, 0.2) is 48.5 Å². The Morgan fingerprint density at radius 3 is 2.66 bits per heavy atom. The molecule has 0 spiro atoms. The van der Waals surface area contributed by atoms with Crippen molar-refractivity contribution in [3.05, 3.63) is 59.1 Å². The lowest BCUT2D eigenvalue weighted by atomic mass is 10.0. The van der Waals surface area contributed by atoms with Crippen LogP contribution in [0.25, 0.3) is 0 Å². The van der Waals surface area contributed by atoms with Crippen LogP contribution >= 0.6 is 11.6 Å². The number of methoxy groups -OCH3 is 1. The van der Waals surface area contributed by atoms with Gasteiger partial charge >= 0.3 is 5.97 Å². The molecule has 2 N–H and O–H groups in total. The molecular formula is C21H21ClN2O5. The van der Waals surface area contributed by atoms with E-state index in [-0.39, 0.29) is 25.3 Å². The lowest BCUT2D eigenvalue weighted by Gasteiger charge is -2.20. The highest BCUT2D eigenvalue weighted by molar-refractivity contribution is 6.31. The first kappa shape index (κ1) is 20.7. The van der Waals surface area contributed by atoms with Gasteiger partial charge in [0.1, 0.15) is 11.8 Å². The van der Waals surface area contributed by atoms with Crippen molar-refractivity contribution in [3.8, 4) is 5.75 Å². The molecule has 0 radical (unpaired) electrons. The smallest absolute Gasteiger partial charge is 0.326 e. The summed E-state index contributed by atoms with van der Waals surface area (Å²) in [5, 5.41) is 12.5. The molecule has 7 nitrogen and oxygen atoms in total. The molecule has 0 aliphatic carbocycles. The molecular weight excluding hydrogens is 396 g/mol. The number of nitrogens with zero attached hydrogens (tertiary/aromatic N) is 1. The van der Waals surface area contributed by atoms with E-state index < -0.39 is 23.8 Å². The lowest BCUT2D eigenvalue weighted by Crippen LogP contribution is -2.45. The maximum Gasteiger partial charge on any atom is 0.326 e. The summed E-state index contributed by atoms with van der Waals surface area (Å²) in [6, 6.07) is 12.9. The van der Waals surface area contributed by atoms with E-state index in [9.17, 15) is 19.5 Å². The van der Waals surface area contributed by atoms with E-state index in [1.807, 2.05) is 18.2 Å². The Morgan fingerprint density at radius 1 is 1.28 bits per heavy atom. The number of amides is 2. The number of carboxylic acid groups (broad SMARTS) is 1. The van der Waals surface area contributed by atoms with Crippen LogP contribution in [0.2, 0.25) is 5.02 Å². The second-order valence-electron chi connectivity index (χ2n) is 6.81. The Kier molecular flexibility index (Phi) is 6.39. The fourth-order valence-electron chi connectivity index (χ4n) is 3.33. The first-order valence-electron chi connectivity index (χ1n) is 9.10. The van der Waals surface area contributed by atoms with Crippen LogP contribution in [0.1, 0.15) is 12.0 Å². The molecule has 1 saturated heterocycles. The van der Waals surface area contributed by atoms with Gasteiger partial charge in [-0.15, -0.1) is 0 Å². The van der Waals surface area contributed by atoms with Crippen LogP contribution < -0.4 is 15.0 Å². The molecule has 0 aromatic heterocycles. The summed E-state index contributed by atoms with van der Waals surface area (Å²) >= 11 is 6.04. The van der Waals surface area contributed by atoms with Crippen molar-refractivity contribution in [3.63, 3.8) is 0 Å². The van der Waals surface area contributed by atoms with Gasteiger partial charge in [-0.05, 0) is 23.8 Å². The standard InChI is InChI=1S/C21H21ClN2O5/c1-29-18-8-7-15(22)11-17(18)24-12-14(10-19(24)25)20(26)23-16(21(27)28)9-13-5-3-2-4-6-13/h2-8,11,14,16H,9-10,12H2,1H3,(H,23,26)(H,27,28)/t14-,16+/m0/s1. The molecule has 1 aliphatic rings. The molecule has 2 aromatic rings. The second-order valence-corrected chi connectivity index (χ2v) is 7.25. The third kappa shape index (κ3) is 4.86. The van der Waals surface area contributed by atoms with E-state index in [0.29, 0.717) is 16.5 Å². The Balaban J connectivity index is 1.71. The molecule has 0 bridgehead atoms. The Hall–Kier alpha value is -3.06. The molecule has 3 rings (SSSR count). The van der Waals surface area contributed by atoms with Crippen LogP contribution in [0.3, 0.4) is 0 Å². The maximum atomic E-state index is 12.7. The number of carbonyl (C=O) groups excluding carboxylic acids is 2. The van der Waals surface area contributed by atoms with Crippen molar-refractivity contribution in [1.29, 1.82) is 0 Å².